The molecule has 1 heterocycles. The highest BCUT2D eigenvalue weighted by molar-refractivity contribution is 7.16. The van der Waals surface area contributed by atoms with Crippen molar-refractivity contribution in [3.05, 3.63) is 50.7 Å². The standard InChI is InChI=1S/C13H10ClNO4S/c14-9-5-10(20-11(9)13(18)19)12(17)15-6-7-2-1-3-8(16)4-7/h1-5,16H,6H2,(H,15,17)(H,18,19). The largest absolute Gasteiger partial charge is 0.508 e. The Kier molecular flexibility index (Phi) is 4.26. The minimum atomic E-state index is -1.16. The Morgan fingerprint density at radius 1 is 1.30 bits per heavy atom. The van der Waals surface area contributed by atoms with Gasteiger partial charge in [-0.1, -0.05) is 23.7 Å². The molecule has 3 N–H and O–H groups in total. The second-order valence-corrected chi connectivity index (χ2v) is 5.40. The minimum absolute atomic E-state index is 0.0463. The predicted molar refractivity (Wildman–Crippen MR) is 75.6 cm³/mol. The van der Waals surface area contributed by atoms with Crippen LogP contribution in [-0.4, -0.2) is 22.1 Å². The van der Waals surface area contributed by atoms with Gasteiger partial charge in [-0.05, 0) is 23.8 Å². The Labute approximate surface area is 123 Å². The van der Waals surface area contributed by atoms with E-state index in [1.807, 2.05) is 0 Å². The summed E-state index contributed by atoms with van der Waals surface area (Å²) in [5, 5.41) is 20.8. The average Bonchev–Trinajstić information content (AvgIpc) is 2.78. The summed E-state index contributed by atoms with van der Waals surface area (Å²) in [5.41, 5.74) is 0.736. The summed E-state index contributed by atoms with van der Waals surface area (Å²) in [5.74, 6) is -1.45. The lowest BCUT2D eigenvalue weighted by Crippen LogP contribution is -2.21. The summed E-state index contributed by atoms with van der Waals surface area (Å²) in [6, 6.07) is 7.81. The van der Waals surface area contributed by atoms with E-state index in [1.165, 1.54) is 18.2 Å². The van der Waals surface area contributed by atoms with Gasteiger partial charge in [0, 0.05) is 6.54 Å². The van der Waals surface area contributed by atoms with Crippen LogP contribution in [0.25, 0.3) is 0 Å². The van der Waals surface area contributed by atoms with E-state index in [4.69, 9.17) is 16.7 Å². The number of hydrogen-bond donors (Lipinski definition) is 3. The first-order chi connectivity index (χ1) is 9.47. The number of aromatic carboxylic acids is 1. The first kappa shape index (κ1) is 14.4. The molecule has 0 aliphatic heterocycles. The number of amides is 1. The van der Waals surface area contributed by atoms with Crippen LogP contribution in [0.3, 0.4) is 0 Å². The van der Waals surface area contributed by atoms with E-state index in [1.54, 1.807) is 12.1 Å². The molecule has 0 unspecified atom stereocenters. The van der Waals surface area contributed by atoms with E-state index < -0.39 is 11.9 Å². The van der Waals surface area contributed by atoms with Crippen LogP contribution < -0.4 is 5.32 Å². The van der Waals surface area contributed by atoms with Crippen LogP contribution in [0.2, 0.25) is 5.02 Å². The quantitative estimate of drug-likeness (QED) is 0.810. The van der Waals surface area contributed by atoms with Crippen molar-refractivity contribution < 1.29 is 19.8 Å². The summed E-state index contributed by atoms with van der Waals surface area (Å²) in [4.78, 5) is 22.9. The first-order valence-electron chi connectivity index (χ1n) is 5.56. The third-order valence-corrected chi connectivity index (χ3v) is 4.00. The zero-order chi connectivity index (χ0) is 14.7. The zero-order valence-corrected chi connectivity index (χ0v) is 11.7. The van der Waals surface area contributed by atoms with Crippen LogP contribution in [0, 0.1) is 0 Å². The predicted octanol–water partition coefficient (Wildman–Crippen LogP) is 2.74. The number of halogens is 1. The van der Waals surface area contributed by atoms with Crippen LogP contribution in [0.15, 0.2) is 30.3 Å². The molecule has 1 aromatic carbocycles. The van der Waals surface area contributed by atoms with Crippen LogP contribution in [0.1, 0.15) is 24.9 Å². The summed E-state index contributed by atoms with van der Waals surface area (Å²) < 4.78 is 0. The highest BCUT2D eigenvalue weighted by atomic mass is 35.5. The molecular formula is C13H10ClNO4S. The number of rotatable bonds is 4. The van der Waals surface area contributed by atoms with Crippen molar-refractivity contribution in [1.29, 1.82) is 0 Å². The third-order valence-electron chi connectivity index (χ3n) is 2.47. The van der Waals surface area contributed by atoms with E-state index in [0.29, 0.717) is 0 Å². The summed E-state index contributed by atoms with van der Waals surface area (Å²) in [7, 11) is 0. The molecule has 0 spiro atoms. The van der Waals surface area contributed by atoms with Gasteiger partial charge in [0.15, 0.2) is 0 Å². The molecule has 5 nitrogen and oxygen atoms in total. The number of phenolic OH excluding ortho intramolecular Hbond substituents is 1. The number of carboxylic acids is 1. The second-order valence-electron chi connectivity index (χ2n) is 3.95. The van der Waals surface area contributed by atoms with E-state index in [9.17, 15) is 14.7 Å². The number of carbonyl (C=O) groups is 2. The van der Waals surface area contributed by atoms with Crippen molar-refractivity contribution in [3.8, 4) is 5.75 Å². The monoisotopic (exact) mass is 311 g/mol. The normalized spacial score (nSPS) is 10.2. The molecule has 2 aromatic rings. The van der Waals surface area contributed by atoms with Gasteiger partial charge in [-0.2, -0.15) is 0 Å². The van der Waals surface area contributed by atoms with Gasteiger partial charge in [0.2, 0.25) is 0 Å². The molecule has 0 saturated carbocycles. The van der Waals surface area contributed by atoms with Crippen molar-refractivity contribution in [2.75, 3.05) is 0 Å². The number of carbonyl (C=O) groups excluding carboxylic acids is 1. The maximum absolute atomic E-state index is 11.9. The number of thiophene rings is 1. The number of phenols is 1. The van der Waals surface area contributed by atoms with Gasteiger partial charge in [0.25, 0.3) is 5.91 Å². The summed E-state index contributed by atoms with van der Waals surface area (Å²) in [6.07, 6.45) is 0. The molecule has 0 radical (unpaired) electrons. The molecule has 0 bridgehead atoms. The molecule has 0 fully saturated rings. The third kappa shape index (κ3) is 3.28. The molecule has 0 aliphatic carbocycles. The average molecular weight is 312 g/mol. The fourth-order valence-corrected chi connectivity index (χ4v) is 2.74. The minimum Gasteiger partial charge on any atom is -0.508 e. The lowest BCUT2D eigenvalue weighted by Gasteiger charge is -2.04. The van der Waals surface area contributed by atoms with Crippen LogP contribution in [0.4, 0.5) is 0 Å². The number of carboxylic acid groups (broad SMARTS) is 1. The molecule has 7 heteroatoms. The molecule has 1 aromatic heterocycles. The Bertz CT molecular complexity index is 668. The Balaban J connectivity index is 2.05. The lowest BCUT2D eigenvalue weighted by atomic mass is 10.2. The van der Waals surface area contributed by atoms with Crippen molar-refractivity contribution >= 4 is 34.8 Å². The molecule has 0 aliphatic rings. The lowest BCUT2D eigenvalue weighted by molar-refractivity contribution is 0.0702. The molecule has 0 atom stereocenters. The van der Waals surface area contributed by atoms with Gasteiger partial charge in [-0.25, -0.2) is 4.79 Å². The number of hydrogen-bond acceptors (Lipinski definition) is 4. The van der Waals surface area contributed by atoms with Gasteiger partial charge < -0.3 is 15.5 Å². The van der Waals surface area contributed by atoms with Gasteiger partial charge in [-0.15, -0.1) is 11.3 Å². The summed E-state index contributed by atoms with van der Waals surface area (Å²) >= 11 is 6.56. The maximum Gasteiger partial charge on any atom is 0.347 e. The zero-order valence-electron chi connectivity index (χ0n) is 10.1. The van der Waals surface area contributed by atoms with Crippen LogP contribution >= 0.6 is 22.9 Å². The maximum atomic E-state index is 11.9. The fraction of sp³-hybridized carbons (Fsp3) is 0.0769. The molecule has 20 heavy (non-hydrogen) atoms. The molecular weight excluding hydrogens is 302 g/mol. The SMILES string of the molecule is O=C(NCc1cccc(O)c1)c1cc(Cl)c(C(=O)O)s1. The van der Waals surface area contributed by atoms with Gasteiger partial charge in [0.1, 0.15) is 10.6 Å². The number of benzene rings is 1. The Hall–Kier alpha value is -2.05. The molecule has 1 amide bonds. The smallest absolute Gasteiger partial charge is 0.347 e. The van der Waals surface area contributed by atoms with Crippen molar-refractivity contribution in [2.45, 2.75) is 6.54 Å². The van der Waals surface area contributed by atoms with Crippen molar-refractivity contribution in [3.63, 3.8) is 0 Å². The molecule has 2 rings (SSSR count). The Morgan fingerprint density at radius 3 is 2.65 bits per heavy atom. The van der Waals surface area contributed by atoms with E-state index in [2.05, 4.69) is 5.32 Å². The van der Waals surface area contributed by atoms with E-state index in [0.717, 1.165) is 16.9 Å². The number of aromatic hydroxyl groups is 1. The first-order valence-corrected chi connectivity index (χ1v) is 6.75. The number of nitrogens with one attached hydrogen (secondary N) is 1. The Morgan fingerprint density at radius 2 is 2.05 bits per heavy atom. The van der Waals surface area contributed by atoms with E-state index >= 15 is 0 Å². The van der Waals surface area contributed by atoms with Crippen LogP contribution in [0.5, 0.6) is 5.75 Å². The van der Waals surface area contributed by atoms with Crippen molar-refractivity contribution in [2.24, 2.45) is 0 Å². The highest BCUT2D eigenvalue weighted by Gasteiger charge is 2.17. The van der Waals surface area contributed by atoms with Gasteiger partial charge in [-0.3, -0.25) is 4.79 Å². The summed E-state index contributed by atoms with van der Waals surface area (Å²) in [6.45, 7) is 0.227. The molecule has 0 saturated heterocycles. The highest BCUT2D eigenvalue weighted by Crippen LogP contribution is 2.27. The van der Waals surface area contributed by atoms with Crippen molar-refractivity contribution in [1.82, 2.24) is 5.32 Å². The molecule has 104 valence electrons. The van der Waals surface area contributed by atoms with Gasteiger partial charge >= 0.3 is 5.97 Å². The van der Waals surface area contributed by atoms with E-state index in [-0.39, 0.29) is 27.1 Å². The second kappa shape index (κ2) is 5.94. The van der Waals surface area contributed by atoms with Gasteiger partial charge in [0.05, 0.1) is 9.90 Å². The fourth-order valence-electron chi connectivity index (χ4n) is 1.56. The van der Waals surface area contributed by atoms with Crippen LogP contribution in [-0.2, 0) is 6.54 Å². The topological polar surface area (TPSA) is 86.6 Å².